The molecule has 3 aromatic carbocycles. The SMILES string of the molecule is O=C(O)c1ccc(Oc2ccccc2)cc1Nc1ccc2c(c1)OCO2. The number of anilines is 2. The van der Waals surface area contributed by atoms with Crippen molar-refractivity contribution in [3.63, 3.8) is 0 Å². The molecule has 3 aromatic rings. The summed E-state index contributed by atoms with van der Waals surface area (Å²) in [6.45, 7) is 0.180. The fourth-order valence-electron chi connectivity index (χ4n) is 2.63. The Morgan fingerprint density at radius 3 is 2.54 bits per heavy atom. The molecule has 1 aliphatic heterocycles. The molecule has 0 aromatic heterocycles. The van der Waals surface area contributed by atoms with Gasteiger partial charge in [-0.2, -0.15) is 0 Å². The average molecular weight is 349 g/mol. The molecule has 26 heavy (non-hydrogen) atoms. The second kappa shape index (κ2) is 6.68. The fraction of sp³-hybridized carbons (Fsp3) is 0.0500. The maximum Gasteiger partial charge on any atom is 0.337 e. The quantitative estimate of drug-likeness (QED) is 0.698. The molecule has 0 spiro atoms. The third kappa shape index (κ3) is 3.25. The number of rotatable bonds is 5. The van der Waals surface area contributed by atoms with Gasteiger partial charge >= 0.3 is 5.97 Å². The van der Waals surface area contributed by atoms with Crippen LogP contribution in [0.4, 0.5) is 11.4 Å². The first kappa shape index (κ1) is 15.8. The monoisotopic (exact) mass is 349 g/mol. The topological polar surface area (TPSA) is 77.0 Å². The lowest BCUT2D eigenvalue weighted by molar-refractivity contribution is 0.0698. The molecule has 1 heterocycles. The summed E-state index contributed by atoms with van der Waals surface area (Å²) in [5, 5.41) is 12.6. The Morgan fingerprint density at radius 2 is 1.73 bits per heavy atom. The van der Waals surface area contributed by atoms with Gasteiger partial charge in [-0.3, -0.25) is 0 Å². The zero-order valence-corrected chi connectivity index (χ0v) is 13.6. The van der Waals surface area contributed by atoms with Crippen LogP contribution in [-0.2, 0) is 0 Å². The van der Waals surface area contributed by atoms with Crippen molar-refractivity contribution in [1.29, 1.82) is 0 Å². The van der Waals surface area contributed by atoms with Crippen molar-refractivity contribution in [3.8, 4) is 23.0 Å². The number of para-hydroxylation sites is 1. The van der Waals surface area contributed by atoms with Crippen molar-refractivity contribution in [2.45, 2.75) is 0 Å². The minimum atomic E-state index is -1.03. The second-order valence-corrected chi connectivity index (χ2v) is 5.62. The minimum absolute atomic E-state index is 0.142. The summed E-state index contributed by atoms with van der Waals surface area (Å²) in [4.78, 5) is 11.5. The molecule has 4 rings (SSSR count). The molecular formula is C20H15NO5. The number of hydrogen-bond donors (Lipinski definition) is 2. The van der Waals surface area contributed by atoms with Crippen LogP contribution >= 0.6 is 0 Å². The predicted molar refractivity (Wildman–Crippen MR) is 95.8 cm³/mol. The van der Waals surface area contributed by atoms with Crippen LogP contribution in [0.5, 0.6) is 23.0 Å². The Bertz CT molecular complexity index is 956. The molecular weight excluding hydrogens is 334 g/mol. The fourth-order valence-corrected chi connectivity index (χ4v) is 2.63. The average Bonchev–Trinajstić information content (AvgIpc) is 3.10. The van der Waals surface area contributed by atoms with Gasteiger partial charge in [-0.05, 0) is 36.4 Å². The predicted octanol–water partition coefficient (Wildman–Crippen LogP) is 4.65. The zero-order valence-electron chi connectivity index (χ0n) is 13.6. The number of aromatic carboxylic acids is 1. The normalized spacial score (nSPS) is 11.8. The summed E-state index contributed by atoms with van der Waals surface area (Å²) in [6.07, 6.45) is 0. The number of benzene rings is 3. The summed E-state index contributed by atoms with van der Waals surface area (Å²) < 4.78 is 16.4. The van der Waals surface area contributed by atoms with E-state index < -0.39 is 5.97 Å². The lowest BCUT2D eigenvalue weighted by Crippen LogP contribution is -2.03. The van der Waals surface area contributed by atoms with E-state index in [1.54, 1.807) is 30.3 Å². The Hall–Kier alpha value is -3.67. The van der Waals surface area contributed by atoms with Crippen LogP contribution in [0.2, 0.25) is 0 Å². The van der Waals surface area contributed by atoms with Gasteiger partial charge in [0, 0.05) is 17.8 Å². The van der Waals surface area contributed by atoms with Crippen LogP contribution in [0.3, 0.4) is 0 Å². The van der Waals surface area contributed by atoms with Crippen molar-refractivity contribution < 1.29 is 24.1 Å². The summed E-state index contributed by atoms with van der Waals surface area (Å²) in [5.74, 6) is 1.45. The molecule has 2 N–H and O–H groups in total. The molecule has 0 radical (unpaired) electrons. The van der Waals surface area contributed by atoms with Gasteiger partial charge in [-0.1, -0.05) is 18.2 Å². The van der Waals surface area contributed by atoms with Gasteiger partial charge < -0.3 is 24.6 Å². The molecule has 0 saturated carbocycles. The van der Waals surface area contributed by atoms with Gasteiger partial charge in [-0.25, -0.2) is 4.79 Å². The maximum absolute atomic E-state index is 11.5. The third-order valence-corrected chi connectivity index (χ3v) is 3.85. The number of hydrogen-bond acceptors (Lipinski definition) is 5. The standard InChI is InChI=1S/C20H15NO5/c22-20(23)16-8-7-15(26-14-4-2-1-3-5-14)11-17(16)21-13-6-9-18-19(10-13)25-12-24-18/h1-11,21H,12H2,(H,22,23). The lowest BCUT2D eigenvalue weighted by Gasteiger charge is -2.13. The molecule has 6 heteroatoms. The molecule has 6 nitrogen and oxygen atoms in total. The van der Waals surface area contributed by atoms with Gasteiger partial charge in [0.2, 0.25) is 6.79 Å². The molecule has 0 amide bonds. The van der Waals surface area contributed by atoms with E-state index >= 15 is 0 Å². The third-order valence-electron chi connectivity index (χ3n) is 3.85. The second-order valence-electron chi connectivity index (χ2n) is 5.62. The van der Waals surface area contributed by atoms with Gasteiger partial charge in [0.1, 0.15) is 11.5 Å². The number of carboxylic acids is 1. The molecule has 0 fully saturated rings. The van der Waals surface area contributed by atoms with Gasteiger partial charge in [0.05, 0.1) is 11.3 Å². The van der Waals surface area contributed by atoms with E-state index in [0.29, 0.717) is 34.4 Å². The molecule has 1 aliphatic rings. The highest BCUT2D eigenvalue weighted by Gasteiger charge is 2.16. The minimum Gasteiger partial charge on any atom is -0.478 e. The number of ether oxygens (including phenoxy) is 3. The first-order chi connectivity index (χ1) is 12.7. The van der Waals surface area contributed by atoms with Crippen LogP contribution in [0.15, 0.2) is 66.7 Å². The van der Waals surface area contributed by atoms with Gasteiger partial charge in [0.25, 0.3) is 0 Å². The maximum atomic E-state index is 11.5. The first-order valence-electron chi connectivity index (χ1n) is 7.96. The Morgan fingerprint density at radius 1 is 0.923 bits per heavy atom. The highest BCUT2D eigenvalue weighted by atomic mass is 16.7. The molecule has 0 unspecified atom stereocenters. The van der Waals surface area contributed by atoms with E-state index in [1.807, 2.05) is 30.3 Å². The highest BCUT2D eigenvalue weighted by molar-refractivity contribution is 5.95. The molecule has 0 saturated heterocycles. The number of carbonyl (C=O) groups is 1. The Balaban J connectivity index is 1.64. The summed E-state index contributed by atoms with van der Waals surface area (Å²) in [7, 11) is 0. The van der Waals surface area contributed by atoms with Crippen molar-refractivity contribution in [1.82, 2.24) is 0 Å². The summed E-state index contributed by atoms with van der Waals surface area (Å²) in [6, 6.07) is 19.4. The van der Waals surface area contributed by atoms with Crippen molar-refractivity contribution in [2.24, 2.45) is 0 Å². The van der Waals surface area contributed by atoms with Gasteiger partial charge in [-0.15, -0.1) is 0 Å². The van der Waals surface area contributed by atoms with E-state index in [-0.39, 0.29) is 12.4 Å². The lowest BCUT2D eigenvalue weighted by atomic mass is 10.1. The first-order valence-corrected chi connectivity index (χ1v) is 7.96. The molecule has 0 atom stereocenters. The van der Waals surface area contributed by atoms with Gasteiger partial charge in [0.15, 0.2) is 11.5 Å². The summed E-state index contributed by atoms with van der Waals surface area (Å²) >= 11 is 0. The van der Waals surface area contributed by atoms with E-state index in [9.17, 15) is 9.90 Å². The Kier molecular flexibility index (Phi) is 4.07. The number of carboxylic acid groups (broad SMARTS) is 1. The van der Waals surface area contributed by atoms with Crippen molar-refractivity contribution in [3.05, 3.63) is 72.3 Å². The number of fused-ring (bicyclic) bond motifs is 1. The molecule has 0 aliphatic carbocycles. The van der Waals surface area contributed by atoms with Crippen LogP contribution in [0.25, 0.3) is 0 Å². The van der Waals surface area contributed by atoms with Crippen molar-refractivity contribution in [2.75, 3.05) is 12.1 Å². The number of nitrogens with one attached hydrogen (secondary N) is 1. The molecule has 0 bridgehead atoms. The van der Waals surface area contributed by atoms with E-state index in [2.05, 4.69) is 5.32 Å². The van der Waals surface area contributed by atoms with Crippen molar-refractivity contribution >= 4 is 17.3 Å². The summed E-state index contributed by atoms with van der Waals surface area (Å²) in [5.41, 5.74) is 1.25. The van der Waals surface area contributed by atoms with E-state index in [0.717, 1.165) is 0 Å². The highest BCUT2D eigenvalue weighted by Crippen LogP contribution is 2.36. The van der Waals surface area contributed by atoms with Crippen LogP contribution in [0.1, 0.15) is 10.4 Å². The van der Waals surface area contributed by atoms with Crippen LogP contribution < -0.4 is 19.5 Å². The van der Waals surface area contributed by atoms with Crippen LogP contribution in [0, 0.1) is 0 Å². The smallest absolute Gasteiger partial charge is 0.337 e. The van der Waals surface area contributed by atoms with E-state index in [1.165, 1.54) is 6.07 Å². The van der Waals surface area contributed by atoms with Crippen LogP contribution in [-0.4, -0.2) is 17.9 Å². The zero-order chi connectivity index (χ0) is 17.9. The largest absolute Gasteiger partial charge is 0.478 e. The molecule has 130 valence electrons. The van der Waals surface area contributed by atoms with E-state index in [4.69, 9.17) is 14.2 Å². The Labute approximate surface area is 149 Å².